The molecule has 0 radical (unpaired) electrons. The van der Waals surface area contributed by atoms with Crippen molar-refractivity contribution in [2.24, 2.45) is 5.10 Å². The largest absolute Gasteiger partial charge is 0.504 e. The number of aromatic nitrogens is 3. The Balaban J connectivity index is 1.91. The van der Waals surface area contributed by atoms with Crippen LogP contribution in [0.4, 0.5) is 0 Å². The van der Waals surface area contributed by atoms with Gasteiger partial charge < -0.3 is 9.84 Å². The first-order valence-electron chi connectivity index (χ1n) is 8.24. The molecule has 0 aliphatic rings. The van der Waals surface area contributed by atoms with Crippen molar-refractivity contribution in [1.82, 2.24) is 14.9 Å². The van der Waals surface area contributed by atoms with Gasteiger partial charge in [-0.2, -0.15) is 9.78 Å². The van der Waals surface area contributed by atoms with Crippen LogP contribution in [0, 0.1) is 0 Å². The number of thioether (sulfide) groups is 1. The molecular formula is C19H20N4O2S. The molecule has 0 saturated carbocycles. The van der Waals surface area contributed by atoms with E-state index in [2.05, 4.69) is 15.3 Å². The molecule has 134 valence electrons. The van der Waals surface area contributed by atoms with Gasteiger partial charge in [0.2, 0.25) is 5.16 Å². The van der Waals surface area contributed by atoms with Gasteiger partial charge in [0.25, 0.3) is 0 Å². The number of hydrogen-bond acceptors (Lipinski definition) is 6. The van der Waals surface area contributed by atoms with Crippen LogP contribution in [0.25, 0.3) is 0 Å². The predicted octanol–water partition coefficient (Wildman–Crippen LogP) is 3.58. The predicted molar refractivity (Wildman–Crippen MR) is 103 cm³/mol. The highest BCUT2D eigenvalue weighted by molar-refractivity contribution is 7.98. The molecule has 0 aliphatic heterocycles. The van der Waals surface area contributed by atoms with E-state index in [1.165, 1.54) is 11.8 Å². The first-order valence-corrected chi connectivity index (χ1v) is 9.46. The number of para-hydroxylation sites is 1. The molecule has 3 aromatic rings. The van der Waals surface area contributed by atoms with Crippen molar-refractivity contribution < 1.29 is 9.84 Å². The standard InChI is InChI=1S/C19H20N4O2S/c1-3-25-16-11-7-10-15(18(16)24)13-20-23-17(21-22-19(23)26-2)12-14-8-5-4-6-9-14/h4-11,13,24H,3,12H2,1-2H3/b20-13-. The van der Waals surface area contributed by atoms with Crippen LogP contribution in [0.15, 0.2) is 58.8 Å². The van der Waals surface area contributed by atoms with E-state index in [1.807, 2.05) is 49.6 Å². The zero-order valence-corrected chi connectivity index (χ0v) is 15.5. The Bertz CT molecular complexity index is 894. The fourth-order valence-electron chi connectivity index (χ4n) is 2.46. The summed E-state index contributed by atoms with van der Waals surface area (Å²) in [5.74, 6) is 1.24. The maximum absolute atomic E-state index is 10.3. The van der Waals surface area contributed by atoms with Gasteiger partial charge in [0.05, 0.1) is 12.8 Å². The Hall–Kier alpha value is -2.80. The highest BCUT2D eigenvalue weighted by atomic mass is 32.2. The third-order valence-electron chi connectivity index (χ3n) is 3.71. The van der Waals surface area contributed by atoms with E-state index in [-0.39, 0.29) is 5.75 Å². The fraction of sp³-hybridized carbons (Fsp3) is 0.211. The minimum absolute atomic E-state index is 0.0708. The topological polar surface area (TPSA) is 72.5 Å². The number of benzene rings is 2. The Morgan fingerprint density at radius 3 is 2.69 bits per heavy atom. The average molecular weight is 368 g/mol. The minimum Gasteiger partial charge on any atom is -0.504 e. The first-order chi connectivity index (χ1) is 12.7. The molecule has 0 unspecified atom stereocenters. The second-order valence-corrected chi connectivity index (χ2v) is 6.22. The molecule has 2 aromatic carbocycles. The van der Waals surface area contributed by atoms with Crippen LogP contribution in [-0.4, -0.2) is 39.1 Å². The number of phenolic OH excluding ortho intramolecular Hbond substituents is 1. The monoisotopic (exact) mass is 368 g/mol. The third kappa shape index (κ3) is 4.05. The number of phenols is 1. The minimum atomic E-state index is 0.0708. The molecule has 0 aliphatic carbocycles. The lowest BCUT2D eigenvalue weighted by Crippen LogP contribution is -2.01. The highest BCUT2D eigenvalue weighted by Gasteiger charge is 2.12. The van der Waals surface area contributed by atoms with Gasteiger partial charge >= 0.3 is 0 Å². The van der Waals surface area contributed by atoms with Crippen molar-refractivity contribution in [1.29, 1.82) is 0 Å². The summed E-state index contributed by atoms with van der Waals surface area (Å²) < 4.78 is 7.11. The van der Waals surface area contributed by atoms with Gasteiger partial charge in [-0.1, -0.05) is 48.2 Å². The van der Waals surface area contributed by atoms with Gasteiger partial charge in [-0.15, -0.1) is 10.2 Å². The van der Waals surface area contributed by atoms with Crippen molar-refractivity contribution >= 4 is 18.0 Å². The molecule has 0 bridgehead atoms. The highest BCUT2D eigenvalue weighted by Crippen LogP contribution is 2.28. The molecule has 0 saturated heterocycles. The number of nitrogens with zero attached hydrogens (tertiary/aromatic N) is 4. The van der Waals surface area contributed by atoms with Crippen LogP contribution in [0.1, 0.15) is 23.9 Å². The molecule has 0 spiro atoms. The van der Waals surface area contributed by atoms with Crippen molar-refractivity contribution in [3.05, 3.63) is 65.5 Å². The van der Waals surface area contributed by atoms with Gasteiger partial charge in [0.15, 0.2) is 17.3 Å². The summed E-state index contributed by atoms with van der Waals surface area (Å²) in [4.78, 5) is 0. The van der Waals surface area contributed by atoms with Crippen LogP contribution in [0.5, 0.6) is 11.5 Å². The Labute approximate surface area is 156 Å². The molecule has 0 atom stereocenters. The molecule has 1 aromatic heterocycles. The smallest absolute Gasteiger partial charge is 0.211 e. The number of rotatable bonds is 7. The van der Waals surface area contributed by atoms with E-state index in [1.54, 1.807) is 23.0 Å². The summed E-state index contributed by atoms with van der Waals surface area (Å²) in [6.07, 6.45) is 4.14. The molecule has 6 nitrogen and oxygen atoms in total. The third-order valence-corrected chi connectivity index (χ3v) is 4.33. The van der Waals surface area contributed by atoms with Crippen LogP contribution >= 0.6 is 11.8 Å². The van der Waals surface area contributed by atoms with Crippen LogP contribution in [0.2, 0.25) is 0 Å². The average Bonchev–Trinajstić information content (AvgIpc) is 3.05. The summed E-state index contributed by atoms with van der Waals surface area (Å²) in [7, 11) is 0. The quantitative estimate of drug-likeness (QED) is 0.510. The van der Waals surface area contributed by atoms with Gasteiger partial charge in [-0.05, 0) is 30.9 Å². The lowest BCUT2D eigenvalue weighted by atomic mass is 10.1. The molecule has 0 amide bonds. The number of aromatic hydroxyl groups is 1. The Kier molecular flexibility index (Phi) is 5.91. The first kappa shape index (κ1) is 18.0. The lowest BCUT2D eigenvalue weighted by Gasteiger charge is -2.07. The molecule has 7 heteroatoms. The Morgan fingerprint density at radius 2 is 1.96 bits per heavy atom. The SMILES string of the molecule is CCOc1cccc(/C=N\n2c(Cc3ccccc3)nnc2SC)c1O. The summed E-state index contributed by atoms with van der Waals surface area (Å²) in [5, 5.41) is 23.9. The van der Waals surface area contributed by atoms with Crippen LogP contribution in [-0.2, 0) is 6.42 Å². The van der Waals surface area contributed by atoms with E-state index in [0.29, 0.717) is 29.5 Å². The molecular weight excluding hydrogens is 348 g/mol. The van der Waals surface area contributed by atoms with Crippen LogP contribution < -0.4 is 4.74 Å². The summed E-state index contributed by atoms with van der Waals surface area (Å²) in [5.41, 5.74) is 1.70. The molecule has 1 N–H and O–H groups in total. The van der Waals surface area contributed by atoms with Gasteiger partial charge in [0.1, 0.15) is 0 Å². The maximum atomic E-state index is 10.3. The summed E-state index contributed by atoms with van der Waals surface area (Å²) in [6.45, 7) is 2.36. The maximum Gasteiger partial charge on any atom is 0.211 e. The van der Waals surface area contributed by atoms with Crippen molar-refractivity contribution in [2.45, 2.75) is 18.5 Å². The van der Waals surface area contributed by atoms with Crippen molar-refractivity contribution in [2.75, 3.05) is 12.9 Å². The van der Waals surface area contributed by atoms with E-state index < -0.39 is 0 Å². The second kappa shape index (κ2) is 8.53. The van der Waals surface area contributed by atoms with Gasteiger partial charge in [-0.25, -0.2) is 0 Å². The summed E-state index contributed by atoms with van der Waals surface area (Å²) in [6, 6.07) is 15.4. The van der Waals surface area contributed by atoms with E-state index in [4.69, 9.17) is 4.74 Å². The zero-order chi connectivity index (χ0) is 18.4. The number of ether oxygens (including phenoxy) is 1. The molecule has 0 fully saturated rings. The Morgan fingerprint density at radius 1 is 1.15 bits per heavy atom. The molecule has 3 rings (SSSR count). The van der Waals surface area contributed by atoms with Crippen LogP contribution in [0.3, 0.4) is 0 Å². The van der Waals surface area contributed by atoms with E-state index in [9.17, 15) is 5.11 Å². The zero-order valence-electron chi connectivity index (χ0n) is 14.7. The van der Waals surface area contributed by atoms with E-state index in [0.717, 1.165) is 11.4 Å². The molecule has 1 heterocycles. The summed E-state index contributed by atoms with van der Waals surface area (Å²) >= 11 is 1.47. The van der Waals surface area contributed by atoms with Crippen molar-refractivity contribution in [3.63, 3.8) is 0 Å². The second-order valence-electron chi connectivity index (χ2n) is 5.45. The lowest BCUT2D eigenvalue weighted by molar-refractivity contribution is 0.318. The van der Waals surface area contributed by atoms with E-state index >= 15 is 0 Å². The van der Waals surface area contributed by atoms with Crippen molar-refractivity contribution in [3.8, 4) is 11.5 Å². The number of hydrogen-bond donors (Lipinski definition) is 1. The normalized spacial score (nSPS) is 11.2. The van der Waals surface area contributed by atoms with Gasteiger partial charge in [0, 0.05) is 12.0 Å². The molecule has 26 heavy (non-hydrogen) atoms. The fourth-order valence-corrected chi connectivity index (χ4v) is 2.91. The van der Waals surface area contributed by atoms with Gasteiger partial charge in [-0.3, -0.25) is 0 Å².